The van der Waals surface area contributed by atoms with Gasteiger partial charge >= 0.3 is 0 Å². The predicted octanol–water partition coefficient (Wildman–Crippen LogP) is 5.40. The molecule has 0 amide bonds. The Morgan fingerprint density at radius 1 is 1.19 bits per heavy atom. The largest absolute Gasteiger partial charge is 0.457 e. The van der Waals surface area contributed by atoms with Crippen molar-refractivity contribution in [3.63, 3.8) is 0 Å². The highest BCUT2D eigenvalue weighted by molar-refractivity contribution is 9.10. The topological polar surface area (TPSA) is 52.4 Å². The highest BCUT2D eigenvalue weighted by Crippen LogP contribution is 2.36. The minimum atomic E-state index is -2.87. The van der Waals surface area contributed by atoms with Gasteiger partial charge in [-0.2, -0.15) is 0 Å². The summed E-state index contributed by atoms with van der Waals surface area (Å²) in [5.74, 6) is 0.315. The van der Waals surface area contributed by atoms with E-state index in [0.29, 0.717) is 5.75 Å². The van der Waals surface area contributed by atoms with Crippen molar-refractivity contribution in [1.29, 1.82) is 0 Å². The monoisotopic (exact) mass is 357 g/mol. The van der Waals surface area contributed by atoms with Crippen molar-refractivity contribution in [3.8, 4) is 11.5 Å². The van der Waals surface area contributed by atoms with Gasteiger partial charge in [0.2, 0.25) is 0 Å². The maximum atomic E-state index is 13.0. The third-order valence-electron chi connectivity index (χ3n) is 2.80. The van der Waals surface area contributed by atoms with Crippen LogP contribution < -0.4 is 4.74 Å². The number of rotatable bonds is 4. The average Bonchev–Trinajstić information content (AvgIpc) is 2.41. The molecule has 7 heteroatoms. The minimum absolute atomic E-state index is 0.0963. The van der Waals surface area contributed by atoms with Crippen molar-refractivity contribution >= 4 is 21.6 Å². The summed E-state index contributed by atoms with van der Waals surface area (Å²) < 4.78 is 32.4. The van der Waals surface area contributed by atoms with Crippen LogP contribution in [0, 0.1) is 17.0 Å². The molecule has 0 heterocycles. The summed E-state index contributed by atoms with van der Waals surface area (Å²) in [5, 5.41) is 10.7. The summed E-state index contributed by atoms with van der Waals surface area (Å²) in [6, 6.07) is 8.28. The van der Waals surface area contributed by atoms with Gasteiger partial charge < -0.3 is 4.74 Å². The van der Waals surface area contributed by atoms with E-state index in [1.807, 2.05) is 0 Å². The van der Waals surface area contributed by atoms with Crippen LogP contribution in [0.5, 0.6) is 11.5 Å². The van der Waals surface area contributed by atoms with Gasteiger partial charge in [-0.3, -0.25) is 10.1 Å². The van der Waals surface area contributed by atoms with E-state index >= 15 is 0 Å². The van der Waals surface area contributed by atoms with Crippen LogP contribution in [-0.2, 0) is 0 Å². The fraction of sp³-hybridized carbons (Fsp3) is 0.143. The molecule has 0 radical (unpaired) electrons. The normalized spacial score (nSPS) is 10.7. The molecular formula is C14H10BrF2NO3. The van der Waals surface area contributed by atoms with Crippen LogP contribution in [0.4, 0.5) is 14.5 Å². The Balaban J connectivity index is 2.41. The first-order valence-corrected chi connectivity index (χ1v) is 6.68. The lowest BCUT2D eigenvalue weighted by Crippen LogP contribution is -1.96. The maximum Gasteiger partial charge on any atom is 0.270 e. The second kappa shape index (κ2) is 6.17. The van der Waals surface area contributed by atoms with E-state index in [1.54, 1.807) is 25.1 Å². The van der Waals surface area contributed by atoms with Crippen LogP contribution in [0.1, 0.15) is 17.6 Å². The number of non-ortho nitro benzene ring substituents is 1. The number of hydrogen-bond acceptors (Lipinski definition) is 3. The number of nitro groups is 1. The van der Waals surface area contributed by atoms with Crippen LogP contribution >= 0.6 is 15.9 Å². The Kier molecular flexibility index (Phi) is 4.52. The Morgan fingerprint density at radius 3 is 2.43 bits per heavy atom. The summed E-state index contributed by atoms with van der Waals surface area (Å²) in [6.07, 6.45) is -2.87. The molecule has 2 rings (SSSR count). The van der Waals surface area contributed by atoms with E-state index in [0.717, 1.165) is 22.2 Å². The Bertz CT molecular complexity index is 692. The zero-order valence-electron chi connectivity index (χ0n) is 10.8. The number of ether oxygens (including phenoxy) is 1. The summed E-state index contributed by atoms with van der Waals surface area (Å²) in [7, 11) is 0. The number of hydrogen-bond donors (Lipinski definition) is 0. The summed E-state index contributed by atoms with van der Waals surface area (Å²) >= 11 is 3.29. The molecule has 0 saturated carbocycles. The van der Waals surface area contributed by atoms with Gasteiger partial charge in [-0.15, -0.1) is 0 Å². The molecule has 0 N–H and O–H groups in total. The van der Waals surface area contributed by atoms with Gasteiger partial charge in [-0.05, 0) is 36.8 Å². The molecule has 4 nitrogen and oxygen atoms in total. The molecule has 0 saturated heterocycles. The zero-order valence-corrected chi connectivity index (χ0v) is 12.4. The smallest absolute Gasteiger partial charge is 0.270 e. The Hall–Kier alpha value is -2.02. The van der Waals surface area contributed by atoms with Crippen LogP contribution in [0.25, 0.3) is 0 Å². The molecule has 0 atom stereocenters. The first kappa shape index (κ1) is 15.4. The van der Waals surface area contributed by atoms with E-state index in [-0.39, 0.29) is 5.75 Å². The van der Waals surface area contributed by atoms with Crippen molar-refractivity contribution in [2.75, 3.05) is 0 Å². The molecule has 110 valence electrons. The van der Waals surface area contributed by atoms with Gasteiger partial charge in [0.05, 0.1) is 10.5 Å². The van der Waals surface area contributed by atoms with Gasteiger partial charge in [0, 0.05) is 16.6 Å². The van der Waals surface area contributed by atoms with Crippen molar-refractivity contribution in [2.24, 2.45) is 0 Å². The van der Waals surface area contributed by atoms with Crippen LogP contribution in [0.15, 0.2) is 40.9 Å². The molecular weight excluding hydrogens is 348 g/mol. The van der Waals surface area contributed by atoms with Gasteiger partial charge in [-0.25, -0.2) is 8.78 Å². The van der Waals surface area contributed by atoms with Gasteiger partial charge in [-0.1, -0.05) is 15.9 Å². The molecule has 2 aromatic carbocycles. The van der Waals surface area contributed by atoms with Crippen molar-refractivity contribution in [3.05, 3.63) is 62.1 Å². The SMILES string of the molecule is Cc1cc(Br)ccc1Oc1ccc([N+](=O)[O-])cc1C(F)F. The zero-order chi connectivity index (χ0) is 15.6. The molecule has 0 bridgehead atoms. The first-order chi connectivity index (χ1) is 9.88. The number of halogens is 3. The number of alkyl halides is 2. The molecule has 0 aliphatic carbocycles. The van der Waals surface area contributed by atoms with Gasteiger partial charge in [0.1, 0.15) is 11.5 Å². The molecule has 0 unspecified atom stereocenters. The summed E-state index contributed by atoms with van der Waals surface area (Å²) in [6.45, 7) is 1.77. The number of nitro benzene ring substituents is 1. The Morgan fingerprint density at radius 2 is 1.86 bits per heavy atom. The highest BCUT2D eigenvalue weighted by atomic mass is 79.9. The van der Waals surface area contributed by atoms with Gasteiger partial charge in [0.25, 0.3) is 12.1 Å². The second-order valence-electron chi connectivity index (χ2n) is 4.29. The average molecular weight is 358 g/mol. The molecule has 2 aromatic rings. The van der Waals surface area contributed by atoms with Crippen LogP contribution in [0.2, 0.25) is 0 Å². The highest BCUT2D eigenvalue weighted by Gasteiger charge is 2.19. The van der Waals surface area contributed by atoms with Gasteiger partial charge in [0.15, 0.2) is 0 Å². The first-order valence-electron chi connectivity index (χ1n) is 5.89. The summed E-state index contributed by atoms with van der Waals surface area (Å²) in [4.78, 5) is 9.93. The lowest BCUT2D eigenvalue weighted by molar-refractivity contribution is -0.385. The molecule has 21 heavy (non-hydrogen) atoms. The predicted molar refractivity (Wildman–Crippen MR) is 77.0 cm³/mol. The molecule has 0 aliphatic heterocycles. The fourth-order valence-electron chi connectivity index (χ4n) is 1.76. The van der Waals surface area contributed by atoms with Crippen LogP contribution in [0.3, 0.4) is 0 Å². The molecule has 0 aromatic heterocycles. The lowest BCUT2D eigenvalue weighted by atomic mass is 10.1. The Labute approximate surface area is 127 Å². The van der Waals surface area contributed by atoms with E-state index in [1.165, 1.54) is 6.07 Å². The second-order valence-corrected chi connectivity index (χ2v) is 5.21. The third kappa shape index (κ3) is 3.55. The maximum absolute atomic E-state index is 13.0. The van der Waals surface area contributed by atoms with Crippen molar-refractivity contribution in [1.82, 2.24) is 0 Å². The third-order valence-corrected chi connectivity index (χ3v) is 3.29. The number of nitrogens with zero attached hydrogens (tertiary/aromatic N) is 1. The molecule has 0 fully saturated rings. The number of benzene rings is 2. The lowest BCUT2D eigenvalue weighted by Gasteiger charge is -2.12. The molecule has 0 spiro atoms. The standard InChI is InChI=1S/C14H10BrF2NO3/c1-8-6-9(15)2-4-12(8)21-13-5-3-10(18(19)20)7-11(13)14(16)17/h2-7,14H,1H3. The van der Waals surface area contributed by atoms with E-state index in [2.05, 4.69) is 15.9 Å². The molecule has 0 aliphatic rings. The fourth-order valence-corrected chi connectivity index (χ4v) is 2.23. The van der Waals surface area contributed by atoms with E-state index in [9.17, 15) is 18.9 Å². The van der Waals surface area contributed by atoms with Crippen molar-refractivity contribution in [2.45, 2.75) is 13.3 Å². The number of aryl methyl sites for hydroxylation is 1. The minimum Gasteiger partial charge on any atom is -0.457 e. The van der Waals surface area contributed by atoms with Crippen molar-refractivity contribution < 1.29 is 18.4 Å². The van der Waals surface area contributed by atoms with E-state index < -0.39 is 22.6 Å². The van der Waals surface area contributed by atoms with E-state index in [4.69, 9.17) is 4.74 Å². The van der Waals surface area contributed by atoms with Crippen LogP contribution in [-0.4, -0.2) is 4.92 Å². The quantitative estimate of drug-likeness (QED) is 0.544. The summed E-state index contributed by atoms with van der Waals surface area (Å²) in [5.41, 5.74) is -0.153.